The molecule has 1 aliphatic rings. The standard InChI is InChI=1S/C11H15N3O3S/c1-2-3-7-9(18-14-13-7)10(15)12-8(11(16)17)6-4-5-6/h6,8H,2-5H2,1H3,(H,12,15)(H,16,17). The van der Waals surface area contributed by atoms with E-state index in [0.717, 1.165) is 30.8 Å². The van der Waals surface area contributed by atoms with Gasteiger partial charge < -0.3 is 10.4 Å². The lowest BCUT2D eigenvalue weighted by atomic mass is 10.1. The third kappa shape index (κ3) is 2.84. The smallest absolute Gasteiger partial charge is 0.326 e. The number of hydrogen-bond acceptors (Lipinski definition) is 5. The summed E-state index contributed by atoms with van der Waals surface area (Å²) in [7, 11) is 0. The average molecular weight is 269 g/mol. The molecular weight excluding hydrogens is 254 g/mol. The van der Waals surface area contributed by atoms with Crippen molar-refractivity contribution >= 4 is 23.4 Å². The summed E-state index contributed by atoms with van der Waals surface area (Å²) >= 11 is 1.02. The average Bonchev–Trinajstić information content (AvgIpc) is 3.05. The molecule has 0 radical (unpaired) electrons. The third-order valence-corrected chi connectivity index (χ3v) is 3.66. The van der Waals surface area contributed by atoms with Crippen LogP contribution >= 0.6 is 11.5 Å². The topological polar surface area (TPSA) is 92.2 Å². The molecule has 0 bridgehead atoms. The van der Waals surface area contributed by atoms with Gasteiger partial charge in [0.25, 0.3) is 5.91 Å². The lowest BCUT2D eigenvalue weighted by Gasteiger charge is -2.12. The van der Waals surface area contributed by atoms with Gasteiger partial charge in [-0.3, -0.25) is 4.79 Å². The number of amides is 1. The van der Waals surface area contributed by atoms with Crippen molar-refractivity contribution in [1.29, 1.82) is 0 Å². The molecule has 18 heavy (non-hydrogen) atoms. The molecule has 1 atom stereocenters. The molecule has 1 amide bonds. The minimum absolute atomic E-state index is 0.0713. The number of rotatable bonds is 6. The Kier molecular flexibility index (Phi) is 3.90. The maximum Gasteiger partial charge on any atom is 0.326 e. The van der Waals surface area contributed by atoms with Crippen LogP contribution < -0.4 is 5.32 Å². The van der Waals surface area contributed by atoms with E-state index in [0.29, 0.717) is 17.0 Å². The van der Waals surface area contributed by atoms with Crippen molar-refractivity contribution in [3.05, 3.63) is 10.6 Å². The molecule has 1 aromatic heterocycles. The molecule has 0 aromatic carbocycles. The predicted octanol–water partition coefficient (Wildman–Crippen LogP) is 1.08. The summed E-state index contributed by atoms with van der Waals surface area (Å²) in [4.78, 5) is 23.5. The summed E-state index contributed by atoms with van der Waals surface area (Å²) < 4.78 is 3.76. The van der Waals surface area contributed by atoms with Gasteiger partial charge in [0.2, 0.25) is 0 Å². The van der Waals surface area contributed by atoms with Crippen LogP contribution in [-0.4, -0.2) is 32.6 Å². The SMILES string of the molecule is CCCc1nnsc1C(=O)NC(C(=O)O)C1CC1. The fraction of sp³-hybridized carbons (Fsp3) is 0.636. The molecular formula is C11H15N3O3S. The monoisotopic (exact) mass is 269 g/mol. The van der Waals surface area contributed by atoms with E-state index in [1.807, 2.05) is 6.92 Å². The first-order chi connectivity index (χ1) is 8.63. The molecule has 0 saturated heterocycles. The number of carboxylic acids is 1. The summed E-state index contributed by atoms with van der Waals surface area (Å²) in [5.41, 5.74) is 0.653. The van der Waals surface area contributed by atoms with Crippen LogP contribution in [-0.2, 0) is 11.2 Å². The van der Waals surface area contributed by atoms with Gasteiger partial charge in [-0.1, -0.05) is 17.8 Å². The number of hydrogen-bond donors (Lipinski definition) is 2. The molecule has 1 heterocycles. The Morgan fingerprint density at radius 2 is 2.28 bits per heavy atom. The fourth-order valence-electron chi connectivity index (χ4n) is 1.80. The fourth-order valence-corrected chi connectivity index (χ4v) is 2.41. The van der Waals surface area contributed by atoms with Crippen LogP contribution in [0.2, 0.25) is 0 Å². The Bertz CT molecular complexity index is 456. The molecule has 0 aliphatic heterocycles. The zero-order valence-electron chi connectivity index (χ0n) is 10.0. The first-order valence-corrected chi connectivity index (χ1v) is 6.75. The maximum absolute atomic E-state index is 12.0. The van der Waals surface area contributed by atoms with Crippen LogP contribution in [0.3, 0.4) is 0 Å². The Morgan fingerprint density at radius 3 is 2.83 bits per heavy atom. The molecule has 2 rings (SSSR count). The van der Waals surface area contributed by atoms with Gasteiger partial charge >= 0.3 is 5.97 Å². The molecule has 2 N–H and O–H groups in total. The molecule has 6 nitrogen and oxygen atoms in total. The number of aromatic nitrogens is 2. The zero-order chi connectivity index (χ0) is 13.1. The Morgan fingerprint density at radius 1 is 1.56 bits per heavy atom. The summed E-state index contributed by atoms with van der Waals surface area (Å²) in [5, 5.41) is 15.5. The lowest BCUT2D eigenvalue weighted by molar-refractivity contribution is -0.139. The number of carboxylic acid groups (broad SMARTS) is 1. The van der Waals surface area contributed by atoms with Crippen LogP contribution in [0.25, 0.3) is 0 Å². The minimum atomic E-state index is -0.972. The second-order valence-electron chi connectivity index (χ2n) is 4.43. The number of aryl methyl sites for hydroxylation is 1. The summed E-state index contributed by atoms with van der Waals surface area (Å²) in [6.45, 7) is 1.99. The number of carbonyl (C=O) groups excluding carboxylic acids is 1. The first-order valence-electron chi connectivity index (χ1n) is 5.98. The molecule has 1 saturated carbocycles. The highest BCUT2D eigenvalue weighted by Crippen LogP contribution is 2.33. The number of aliphatic carboxylic acids is 1. The minimum Gasteiger partial charge on any atom is -0.480 e. The van der Waals surface area contributed by atoms with E-state index in [4.69, 9.17) is 5.11 Å². The van der Waals surface area contributed by atoms with Crippen molar-refractivity contribution in [3.8, 4) is 0 Å². The van der Waals surface area contributed by atoms with Crippen molar-refractivity contribution in [2.24, 2.45) is 5.92 Å². The third-order valence-electron chi connectivity index (χ3n) is 2.89. The van der Waals surface area contributed by atoms with Crippen LogP contribution in [0.5, 0.6) is 0 Å². The highest BCUT2D eigenvalue weighted by molar-refractivity contribution is 7.08. The Balaban J connectivity index is 2.06. The van der Waals surface area contributed by atoms with E-state index in [2.05, 4.69) is 14.9 Å². The van der Waals surface area contributed by atoms with E-state index in [-0.39, 0.29) is 11.8 Å². The highest BCUT2D eigenvalue weighted by atomic mass is 32.1. The van der Waals surface area contributed by atoms with E-state index < -0.39 is 12.0 Å². The second-order valence-corrected chi connectivity index (χ2v) is 5.18. The summed E-state index contributed by atoms with van der Waals surface area (Å²) in [6, 6.07) is -0.783. The molecule has 1 unspecified atom stereocenters. The van der Waals surface area contributed by atoms with Gasteiger partial charge in [-0.2, -0.15) is 0 Å². The molecule has 98 valence electrons. The van der Waals surface area contributed by atoms with Crippen molar-refractivity contribution in [2.75, 3.05) is 0 Å². The summed E-state index contributed by atoms with van der Waals surface area (Å²) in [5.74, 6) is -1.27. The van der Waals surface area contributed by atoms with E-state index >= 15 is 0 Å². The Labute approximate surface area is 109 Å². The molecule has 7 heteroatoms. The largest absolute Gasteiger partial charge is 0.480 e. The molecule has 0 spiro atoms. The van der Waals surface area contributed by atoms with Gasteiger partial charge in [0.05, 0.1) is 5.69 Å². The van der Waals surface area contributed by atoms with Gasteiger partial charge in [-0.15, -0.1) is 5.10 Å². The van der Waals surface area contributed by atoms with Crippen LogP contribution in [0, 0.1) is 5.92 Å². The van der Waals surface area contributed by atoms with Crippen molar-refractivity contribution in [3.63, 3.8) is 0 Å². The normalized spacial score (nSPS) is 16.3. The first kappa shape index (κ1) is 12.9. The second kappa shape index (κ2) is 5.43. The van der Waals surface area contributed by atoms with Crippen LogP contribution in [0.15, 0.2) is 0 Å². The van der Waals surface area contributed by atoms with Gasteiger partial charge in [0.15, 0.2) is 0 Å². The van der Waals surface area contributed by atoms with Crippen LogP contribution in [0.4, 0.5) is 0 Å². The zero-order valence-corrected chi connectivity index (χ0v) is 10.9. The van der Waals surface area contributed by atoms with Gasteiger partial charge in [0.1, 0.15) is 10.9 Å². The van der Waals surface area contributed by atoms with Crippen LogP contribution in [0.1, 0.15) is 41.6 Å². The van der Waals surface area contributed by atoms with E-state index in [1.165, 1.54) is 0 Å². The van der Waals surface area contributed by atoms with Gasteiger partial charge in [0, 0.05) is 0 Å². The van der Waals surface area contributed by atoms with Gasteiger partial charge in [-0.05, 0) is 36.7 Å². The number of carbonyl (C=O) groups is 2. The van der Waals surface area contributed by atoms with Crippen molar-refractivity contribution in [2.45, 2.75) is 38.6 Å². The lowest BCUT2D eigenvalue weighted by Crippen LogP contribution is -2.42. The maximum atomic E-state index is 12.0. The number of nitrogens with zero attached hydrogens (tertiary/aromatic N) is 2. The van der Waals surface area contributed by atoms with Crippen molar-refractivity contribution in [1.82, 2.24) is 14.9 Å². The highest BCUT2D eigenvalue weighted by Gasteiger charge is 2.37. The van der Waals surface area contributed by atoms with Crippen molar-refractivity contribution < 1.29 is 14.7 Å². The predicted molar refractivity (Wildman–Crippen MR) is 65.5 cm³/mol. The van der Waals surface area contributed by atoms with E-state index in [1.54, 1.807) is 0 Å². The van der Waals surface area contributed by atoms with Gasteiger partial charge in [-0.25, -0.2) is 4.79 Å². The summed E-state index contributed by atoms with van der Waals surface area (Å²) in [6.07, 6.45) is 3.27. The van der Waals surface area contributed by atoms with E-state index in [9.17, 15) is 9.59 Å². The molecule has 1 fully saturated rings. The quantitative estimate of drug-likeness (QED) is 0.806. The molecule has 1 aliphatic carbocycles. The Hall–Kier alpha value is -1.50. The number of nitrogens with one attached hydrogen (secondary N) is 1. The molecule has 1 aromatic rings.